The van der Waals surface area contributed by atoms with E-state index in [-0.39, 0.29) is 24.0 Å². The Labute approximate surface area is 90.6 Å². The number of hydrogen-bond acceptors (Lipinski definition) is 3. The van der Waals surface area contributed by atoms with E-state index in [1.54, 1.807) is 0 Å². The summed E-state index contributed by atoms with van der Waals surface area (Å²) in [5.41, 5.74) is 0. The normalized spacial score (nSPS) is 11.9. The Kier molecular flexibility index (Phi) is 10.5. The Bertz CT molecular complexity index is 109. The molecule has 1 unspecified atom stereocenters. The standard InChI is InChI=1S/C5H15NO2PS.HI/c1-6(2,3)4-5-8-10-9-7;/h4-5,9H2,1-3H3;1H/q+1;/p-1. The molecule has 0 aromatic heterocycles. The molecule has 0 saturated heterocycles. The van der Waals surface area contributed by atoms with Crippen LogP contribution in [-0.4, -0.2) is 38.8 Å². The van der Waals surface area contributed by atoms with Crippen LogP contribution >= 0.6 is 19.3 Å². The summed E-state index contributed by atoms with van der Waals surface area (Å²) >= 11 is 1.07. The number of rotatable bonds is 5. The fourth-order valence-corrected chi connectivity index (χ4v) is 1.07. The summed E-state index contributed by atoms with van der Waals surface area (Å²) in [6.07, 6.45) is 0. The number of quaternary nitrogens is 1. The predicted molar refractivity (Wildman–Crippen MR) is 46.8 cm³/mol. The molecule has 0 amide bonds. The van der Waals surface area contributed by atoms with E-state index in [1.807, 2.05) is 0 Å². The van der Waals surface area contributed by atoms with Crippen LogP contribution in [0.4, 0.5) is 0 Å². The maximum atomic E-state index is 9.97. The average Bonchev–Trinajstić information content (AvgIpc) is 1.78. The van der Waals surface area contributed by atoms with Gasteiger partial charge in [-0.15, -0.1) is 0 Å². The summed E-state index contributed by atoms with van der Waals surface area (Å²) in [4.78, 5) is 0. The van der Waals surface area contributed by atoms with Crippen LogP contribution in [0.2, 0.25) is 0 Å². The molecule has 0 aromatic rings. The molecule has 11 heavy (non-hydrogen) atoms. The number of hydrogen-bond donors (Lipinski definition) is 0. The van der Waals surface area contributed by atoms with Crippen molar-refractivity contribution in [2.75, 3.05) is 34.3 Å². The van der Waals surface area contributed by atoms with Crippen LogP contribution in [0, 0.1) is 0 Å². The minimum Gasteiger partial charge on any atom is -1.00 e. The maximum Gasteiger partial charge on any atom is 0.142 e. The van der Waals surface area contributed by atoms with E-state index in [4.69, 9.17) is 4.18 Å². The van der Waals surface area contributed by atoms with Crippen LogP contribution < -0.4 is 24.0 Å². The van der Waals surface area contributed by atoms with Crippen LogP contribution in [0.15, 0.2) is 0 Å². The smallest absolute Gasteiger partial charge is 0.142 e. The molecule has 0 heterocycles. The van der Waals surface area contributed by atoms with Crippen LogP contribution in [0.1, 0.15) is 0 Å². The lowest BCUT2D eigenvalue weighted by atomic mass is 10.5. The van der Waals surface area contributed by atoms with Crippen molar-refractivity contribution >= 4 is 19.3 Å². The van der Waals surface area contributed by atoms with Crippen LogP contribution in [0.5, 0.6) is 0 Å². The van der Waals surface area contributed by atoms with E-state index >= 15 is 0 Å². The van der Waals surface area contributed by atoms with Gasteiger partial charge in [0.1, 0.15) is 20.8 Å². The molecule has 0 aliphatic heterocycles. The lowest BCUT2D eigenvalue weighted by Crippen LogP contribution is -3.00. The highest BCUT2D eigenvalue weighted by molar-refractivity contribution is 8.43. The van der Waals surface area contributed by atoms with Gasteiger partial charge in [0.15, 0.2) is 0 Å². The third-order valence-electron chi connectivity index (χ3n) is 0.953. The van der Waals surface area contributed by atoms with E-state index in [2.05, 4.69) is 21.1 Å². The third-order valence-corrected chi connectivity index (χ3v) is 1.98. The quantitative estimate of drug-likeness (QED) is 0.194. The molecule has 0 spiro atoms. The zero-order chi connectivity index (χ0) is 8.04. The van der Waals surface area contributed by atoms with Crippen LogP contribution in [0.25, 0.3) is 0 Å². The first-order valence-electron chi connectivity index (χ1n) is 3.08. The molecule has 1 atom stereocenters. The van der Waals surface area contributed by atoms with Gasteiger partial charge in [-0.05, 0) is 0 Å². The minimum atomic E-state index is -0.812. The van der Waals surface area contributed by atoms with Crippen molar-refractivity contribution in [2.45, 2.75) is 0 Å². The molecular weight excluding hydrogens is 296 g/mol. The summed E-state index contributed by atoms with van der Waals surface area (Å²) in [6, 6.07) is 0. The topological polar surface area (TPSA) is 26.3 Å². The second kappa shape index (κ2) is 7.86. The van der Waals surface area contributed by atoms with Crippen molar-refractivity contribution in [3.05, 3.63) is 0 Å². The molecule has 0 aliphatic carbocycles. The van der Waals surface area contributed by atoms with Gasteiger partial charge in [0.2, 0.25) is 0 Å². The Balaban J connectivity index is 0. The summed E-state index contributed by atoms with van der Waals surface area (Å²) in [7, 11) is 5.47. The average molecular weight is 311 g/mol. The molecule has 0 aliphatic rings. The molecular formula is C5H15INO2PS. The summed E-state index contributed by atoms with van der Waals surface area (Å²) < 4.78 is 15.8. The minimum absolute atomic E-state index is 0. The first-order chi connectivity index (χ1) is 4.56. The van der Waals surface area contributed by atoms with Crippen molar-refractivity contribution in [3.63, 3.8) is 0 Å². The number of nitrogens with zero attached hydrogens (tertiary/aromatic N) is 1. The third kappa shape index (κ3) is 14.1. The zero-order valence-corrected chi connectivity index (χ0v) is 11.2. The van der Waals surface area contributed by atoms with Gasteiger partial charge >= 0.3 is 0 Å². The highest BCUT2D eigenvalue weighted by atomic mass is 127. The van der Waals surface area contributed by atoms with E-state index in [9.17, 15) is 4.57 Å². The van der Waals surface area contributed by atoms with Gasteiger partial charge in [0, 0.05) is 0 Å². The van der Waals surface area contributed by atoms with E-state index in [0.29, 0.717) is 6.61 Å². The molecule has 0 rings (SSSR count). The maximum absolute atomic E-state index is 9.97. The van der Waals surface area contributed by atoms with Crippen molar-refractivity contribution in [2.24, 2.45) is 0 Å². The fraction of sp³-hybridized carbons (Fsp3) is 1.00. The van der Waals surface area contributed by atoms with Crippen LogP contribution in [-0.2, 0) is 8.75 Å². The molecule has 0 bridgehead atoms. The van der Waals surface area contributed by atoms with Gasteiger partial charge in [0.05, 0.1) is 32.8 Å². The lowest BCUT2D eigenvalue weighted by molar-refractivity contribution is -0.870. The second-order valence-electron chi connectivity index (χ2n) is 3.03. The molecule has 0 aromatic carbocycles. The largest absolute Gasteiger partial charge is 1.00 e. The lowest BCUT2D eigenvalue weighted by Gasteiger charge is -2.22. The van der Waals surface area contributed by atoms with Gasteiger partial charge in [0.25, 0.3) is 0 Å². The van der Waals surface area contributed by atoms with E-state index < -0.39 is 7.66 Å². The summed E-state index contributed by atoms with van der Waals surface area (Å²) in [6.45, 7) is 1.62. The molecule has 0 saturated carbocycles. The van der Waals surface area contributed by atoms with Crippen molar-refractivity contribution in [1.82, 2.24) is 0 Å². The first-order valence-corrected chi connectivity index (χ1v) is 5.77. The highest BCUT2D eigenvalue weighted by Gasteiger charge is 2.05. The molecule has 70 valence electrons. The van der Waals surface area contributed by atoms with Gasteiger partial charge in [-0.1, -0.05) is 0 Å². The number of likely N-dealkylation sites (N-methyl/N-ethyl adjacent to an activating group) is 1. The van der Waals surface area contributed by atoms with Gasteiger partial charge in [-0.2, -0.15) is 0 Å². The first kappa shape index (κ1) is 14.7. The van der Waals surface area contributed by atoms with Gasteiger partial charge in [-0.25, -0.2) is 0 Å². The number of halogens is 1. The second-order valence-corrected chi connectivity index (χ2v) is 4.80. The van der Waals surface area contributed by atoms with E-state index in [1.165, 1.54) is 0 Å². The Morgan fingerprint density at radius 1 is 1.45 bits per heavy atom. The van der Waals surface area contributed by atoms with Crippen LogP contribution in [0.3, 0.4) is 0 Å². The molecule has 0 radical (unpaired) electrons. The fourth-order valence-electron chi connectivity index (χ4n) is 0.387. The highest BCUT2D eigenvalue weighted by Crippen LogP contribution is 2.17. The van der Waals surface area contributed by atoms with Crippen molar-refractivity contribution in [1.29, 1.82) is 0 Å². The Morgan fingerprint density at radius 3 is 2.36 bits per heavy atom. The van der Waals surface area contributed by atoms with Crippen molar-refractivity contribution in [3.8, 4) is 0 Å². The molecule has 0 fully saturated rings. The SMILES string of the molecule is C[N+](C)(C)CCOS[PH2]=O.[I-]. The van der Waals surface area contributed by atoms with E-state index in [0.717, 1.165) is 22.7 Å². The molecule has 3 nitrogen and oxygen atoms in total. The Morgan fingerprint density at radius 2 is 2.00 bits per heavy atom. The van der Waals surface area contributed by atoms with Crippen molar-refractivity contribution < 1.29 is 37.2 Å². The zero-order valence-electron chi connectivity index (χ0n) is 7.04. The monoisotopic (exact) mass is 311 g/mol. The summed E-state index contributed by atoms with van der Waals surface area (Å²) in [5.74, 6) is 0. The molecule has 0 N–H and O–H groups in total. The summed E-state index contributed by atoms with van der Waals surface area (Å²) in [5, 5.41) is 0. The van der Waals surface area contributed by atoms with Gasteiger partial charge in [-0.3, -0.25) is 0 Å². The molecule has 6 heteroatoms. The Hall–Kier alpha value is 1.23. The predicted octanol–water partition coefficient (Wildman–Crippen LogP) is -1.97. The van der Waals surface area contributed by atoms with Gasteiger partial charge < -0.3 is 37.2 Å².